The first-order valence-electron chi connectivity index (χ1n) is 4.09. The lowest BCUT2D eigenvalue weighted by Crippen LogP contribution is -2.03. The van der Waals surface area contributed by atoms with Gasteiger partial charge in [-0.1, -0.05) is 30.3 Å². The van der Waals surface area contributed by atoms with Gasteiger partial charge in [0.25, 0.3) is 0 Å². The number of aliphatic hydroxyl groups is 1. The van der Waals surface area contributed by atoms with Crippen LogP contribution in [0, 0.1) is 0 Å². The molecule has 0 aromatic heterocycles. The number of benzene rings is 1. The molecule has 0 fully saturated rings. The highest BCUT2D eigenvalue weighted by Crippen LogP contribution is 2.08. The lowest BCUT2D eigenvalue weighted by atomic mass is 10.1. The van der Waals surface area contributed by atoms with Crippen LogP contribution < -0.4 is 0 Å². The Kier molecular flexibility index (Phi) is 2.85. The van der Waals surface area contributed by atoms with Gasteiger partial charge >= 0.3 is 0 Å². The zero-order chi connectivity index (χ0) is 9.84. The van der Waals surface area contributed by atoms with Crippen molar-refractivity contribution in [3.8, 4) is 0 Å². The monoisotopic (exact) mass is 176 g/mol. The van der Waals surface area contributed by atoms with Crippen LogP contribution >= 0.6 is 0 Å². The summed E-state index contributed by atoms with van der Waals surface area (Å²) in [7, 11) is 0. The van der Waals surface area contributed by atoms with Crippen molar-refractivity contribution in [2.24, 2.45) is 0 Å². The van der Waals surface area contributed by atoms with Gasteiger partial charge in [0.15, 0.2) is 5.76 Å². The fraction of sp³-hybridized carbons (Fsp3) is 0.182. The molecule has 0 bridgehead atoms. The van der Waals surface area contributed by atoms with Crippen LogP contribution in [-0.2, 0) is 0 Å². The molecule has 68 valence electrons. The first kappa shape index (κ1) is 9.52. The molecule has 0 atom stereocenters. The molecular weight excluding hydrogens is 164 g/mol. The highest BCUT2D eigenvalue weighted by molar-refractivity contribution is 6.07. The first-order chi connectivity index (χ1) is 6.13. The van der Waals surface area contributed by atoms with E-state index in [-0.39, 0.29) is 11.5 Å². The topological polar surface area (TPSA) is 37.3 Å². The summed E-state index contributed by atoms with van der Waals surface area (Å²) in [6.07, 6.45) is 0. The minimum atomic E-state index is -0.319. The molecule has 1 rings (SSSR count). The largest absolute Gasteiger partial charge is 0.504 e. The number of hydrogen-bond acceptors (Lipinski definition) is 2. The second-order valence-electron chi connectivity index (χ2n) is 3.04. The Morgan fingerprint density at radius 2 is 1.69 bits per heavy atom. The fourth-order valence-corrected chi connectivity index (χ4v) is 0.953. The second kappa shape index (κ2) is 3.90. The van der Waals surface area contributed by atoms with Crippen molar-refractivity contribution in [2.75, 3.05) is 0 Å². The van der Waals surface area contributed by atoms with Gasteiger partial charge in [-0.3, -0.25) is 4.79 Å². The first-order valence-corrected chi connectivity index (χ1v) is 4.09. The molecule has 0 unspecified atom stereocenters. The molecule has 1 N–H and O–H groups in total. The Labute approximate surface area is 77.5 Å². The van der Waals surface area contributed by atoms with E-state index < -0.39 is 0 Å². The summed E-state index contributed by atoms with van der Waals surface area (Å²) in [4.78, 5) is 11.5. The van der Waals surface area contributed by atoms with E-state index in [9.17, 15) is 9.90 Å². The number of allylic oxidation sites excluding steroid dienone is 2. The molecule has 1 aromatic rings. The van der Waals surface area contributed by atoms with Crippen molar-refractivity contribution in [1.82, 2.24) is 0 Å². The minimum absolute atomic E-state index is 0.161. The van der Waals surface area contributed by atoms with Crippen LogP contribution in [0.5, 0.6) is 0 Å². The van der Waals surface area contributed by atoms with Gasteiger partial charge in [0.1, 0.15) is 0 Å². The molecule has 2 nitrogen and oxygen atoms in total. The van der Waals surface area contributed by atoms with Gasteiger partial charge in [-0.15, -0.1) is 0 Å². The van der Waals surface area contributed by atoms with Crippen LogP contribution in [0.25, 0.3) is 0 Å². The molecule has 0 aliphatic rings. The number of carbonyl (C=O) groups excluding carboxylic acids is 1. The number of ketones is 1. The number of hydrogen-bond donors (Lipinski definition) is 1. The summed E-state index contributed by atoms with van der Waals surface area (Å²) < 4.78 is 0. The van der Waals surface area contributed by atoms with Gasteiger partial charge in [-0.05, 0) is 19.4 Å². The van der Waals surface area contributed by atoms with E-state index in [1.165, 1.54) is 0 Å². The third kappa shape index (κ3) is 2.18. The molecule has 13 heavy (non-hydrogen) atoms. The fourth-order valence-electron chi connectivity index (χ4n) is 0.953. The van der Waals surface area contributed by atoms with Crippen molar-refractivity contribution >= 4 is 5.78 Å². The third-order valence-corrected chi connectivity index (χ3v) is 1.72. The zero-order valence-corrected chi connectivity index (χ0v) is 7.74. The molecule has 0 amide bonds. The molecule has 0 radical (unpaired) electrons. The highest BCUT2D eigenvalue weighted by atomic mass is 16.3. The second-order valence-corrected chi connectivity index (χ2v) is 3.04. The van der Waals surface area contributed by atoms with Crippen LogP contribution in [0.4, 0.5) is 0 Å². The van der Waals surface area contributed by atoms with E-state index in [1.54, 1.807) is 38.1 Å². The van der Waals surface area contributed by atoms with Crippen LogP contribution in [-0.4, -0.2) is 10.9 Å². The quantitative estimate of drug-likeness (QED) is 0.427. The smallest absolute Gasteiger partial charge is 0.227 e. The van der Waals surface area contributed by atoms with E-state index in [0.29, 0.717) is 11.1 Å². The Balaban J connectivity index is 3.00. The van der Waals surface area contributed by atoms with Gasteiger partial charge in [0.05, 0.1) is 0 Å². The lowest BCUT2D eigenvalue weighted by molar-refractivity contribution is 0.0975. The van der Waals surface area contributed by atoms with Crippen LogP contribution in [0.3, 0.4) is 0 Å². The van der Waals surface area contributed by atoms with Crippen molar-refractivity contribution in [3.63, 3.8) is 0 Å². The Hall–Kier alpha value is -1.57. The maximum Gasteiger partial charge on any atom is 0.227 e. The SMILES string of the molecule is CC(C)=C(O)C(=O)c1ccccc1. The maximum absolute atomic E-state index is 11.5. The molecule has 0 heterocycles. The molecule has 0 aliphatic carbocycles. The number of rotatable bonds is 2. The van der Waals surface area contributed by atoms with Crippen LogP contribution in [0.2, 0.25) is 0 Å². The predicted molar refractivity (Wildman–Crippen MR) is 51.8 cm³/mol. The standard InChI is InChI=1S/C11H12O2/c1-8(2)10(12)11(13)9-6-4-3-5-7-9/h3-7,12H,1-2H3. The van der Waals surface area contributed by atoms with Crippen molar-refractivity contribution in [1.29, 1.82) is 0 Å². The molecule has 0 saturated heterocycles. The van der Waals surface area contributed by atoms with E-state index in [0.717, 1.165) is 0 Å². The van der Waals surface area contributed by atoms with E-state index >= 15 is 0 Å². The maximum atomic E-state index is 11.5. The van der Waals surface area contributed by atoms with Gasteiger partial charge in [0.2, 0.25) is 5.78 Å². The zero-order valence-electron chi connectivity index (χ0n) is 7.74. The molecule has 0 saturated carbocycles. The molecule has 1 aromatic carbocycles. The molecular formula is C11H12O2. The summed E-state index contributed by atoms with van der Waals surface area (Å²) in [5, 5.41) is 9.38. The summed E-state index contributed by atoms with van der Waals surface area (Å²) in [6, 6.07) is 8.73. The summed E-state index contributed by atoms with van der Waals surface area (Å²) in [5.74, 6) is -0.480. The average molecular weight is 176 g/mol. The Morgan fingerprint density at radius 1 is 1.15 bits per heavy atom. The third-order valence-electron chi connectivity index (χ3n) is 1.72. The minimum Gasteiger partial charge on any atom is -0.504 e. The normalized spacial score (nSPS) is 9.38. The number of Topliss-reactive ketones (excluding diaryl/α,β-unsaturated/α-hetero) is 1. The number of carbonyl (C=O) groups is 1. The predicted octanol–water partition coefficient (Wildman–Crippen LogP) is 2.72. The van der Waals surface area contributed by atoms with Crippen molar-refractivity contribution < 1.29 is 9.90 Å². The van der Waals surface area contributed by atoms with Gasteiger partial charge in [-0.2, -0.15) is 0 Å². The lowest BCUT2D eigenvalue weighted by Gasteiger charge is -2.00. The average Bonchev–Trinajstić information content (AvgIpc) is 2.17. The van der Waals surface area contributed by atoms with Crippen molar-refractivity contribution in [3.05, 3.63) is 47.2 Å². The van der Waals surface area contributed by atoms with E-state index in [2.05, 4.69) is 0 Å². The summed E-state index contributed by atoms with van der Waals surface area (Å²) >= 11 is 0. The summed E-state index contributed by atoms with van der Waals surface area (Å²) in [5.41, 5.74) is 1.15. The molecule has 0 spiro atoms. The Morgan fingerprint density at radius 3 is 2.15 bits per heavy atom. The molecule has 2 heteroatoms. The molecule has 0 aliphatic heterocycles. The van der Waals surface area contributed by atoms with Crippen LogP contribution in [0.15, 0.2) is 41.7 Å². The van der Waals surface area contributed by atoms with Crippen molar-refractivity contribution in [2.45, 2.75) is 13.8 Å². The number of aliphatic hydroxyl groups excluding tert-OH is 1. The van der Waals surface area contributed by atoms with Crippen LogP contribution in [0.1, 0.15) is 24.2 Å². The Bertz CT molecular complexity index is 332. The highest BCUT2D eigenvalue weighted by Gasteiger charge is 2.10. The van der Waals surface area contributed by atoms with Gasteiger partial charge in [-0.25, -0.2) is 0 Å². The van der Waals surface area contributed by atoms with Gasteiger partial charge in [0, 0.05) is 5.56 Å². The van der Waals surface area contributed by atoms with E-state index in [4.69, 9.17) is 0 Å². The summed E-state index contributed by atoms with van der Waals surface area (Å²) in [6.45, 7) is 3.41. The van der Waals surface area contributed by atoms with E-state index in [1.807, 2.05) is 6.07 Å². The van der Waals surface area contributed by atoms with Gasteiger partial charge < -0.3 is 5.11 Å².